The predicted molar refractivity (Wildman–Crippen MR) is 64.4 cm³/mol. The molecule has 0 bridgehead atoms. The fourth-order valence-electron chi connectivity index (χ4n) is 0.850. The van der Waals surface area contributed by atoms with Gasteiger partial charge in [-0.1, -0.05) is 0 Å². The summed E-state index contributed by atoms with van der Waals surface area (Å²) in [6, 6.07) is 0. The topological polar surface area (TPSA) is 106 Å². The molecule has 0 aromatic heterocycles. The largest absolute Gasteiger partial charge is 0.480 e. The minimum Gasteiger partial charge on any atom is -0.480 e. The molecular formula is C9H18O6S2. The molecular weight excluding hydrogens is 268 g/mol. The number of carboxylic acid groups (broad SMARTS) is 1. The number of hydrogen-bond acceptors (Lipinski definition) is 5. The second kappa shape index (κ2) is 4.93. The van der Waals surface area contributed by atoms with Gasteiger partial charge in [-0.2, -0.15) is 0 Å². The molecule has 1 N–H and O–H groups in total. The third kappa shape index (κ3) is 3.67. The fourth-order valence-corrected chi connectivity index (χ4v) is 3.90. The zero-order valence-corrected chi connectivity index (χ0v) is 11.9. The van der Waals surface area contributed by atoms with Crippen LogP contribution < -0.4 is 0 Å². The van der Waals surface area contributed by atoms with Gasteiger partial charge in [-0.15, -0.1) is 0 Å². The third-order valence-electron chi connectivity index (χ3n) is 2.65. The zero-order chi connectivity index (χ0) is 14.1. The molecule has 0 aliphatic rings. The van der Waals surface area contributed by atoms with Crippen molar-refractivity contribution in [2.75, 3.05) is 11.5 Å². The molecule has 17 heavy (non-hydrogen) atoms. The molecule has 0 atom stereocenters. The first kappa shape index (κ1) is 16.4. The molecule has 0 saturated heterocycles. The maximum atomic E-state index is 11.7. The van der Waals surface area contributed by atoms with E-state index in [4.69, 9.17) is 5.11 Å². The van der Waals surface area contributed by atoms with Crippen LogP contribution in [0.1, 0.15) is 27.7 Å². The van der Waals surface area contributed by atoms with Crippen LogP contribution in [-0.4, -0.2) is 49.4 Å². The Kier molecular flexibility index (Phi) is 4.75. The summed E-state index contributed by atoms with van der Waals surface area (Å²) in [4.78, 5) is 10.8. The number of carboxylic acids is 1. The standard InChI is InChI=1S/C9H18O6S2/c1-7(2)16(12,13)5-6-17(14,15)9(3,4)8(10)11/h7H,5-6H2,1-4H3,(H,10,11). The van der Waals surface area contributed by atoms with E-state index < -0.39 is 47.1 Å². The van der Waals surface area contributed by atoms with Gasteiger partial charge in [-0.3, -0.25) is 4.79 Å². The molecule has 8 heteroatoms. The molecule has 0 unspecified atom stereocenters. The van der Waals surface area contributed by atoms with E-state index in [9.17, 15) is 21.6 Å². The minimum atomic E-state index is -4.00. The summed E-state index contributed by atoms with van der Waals surface area (Å²) in [5, 5.41) is 8.11. The van der Waals surface area contributed by atoms with Gasteiger partial charge in [0.05, 0.1) is 16.8 Å². The highest BCUT2D eigenvalue weighted by molar-refractivity contribution is 7.96. The van der Waals surface area contributed by atoms with Crippen LogP contribution in [-0.2, 0) is 24.5 Å². The summed E-state index contributed by atoms with van der Waals surface area (Å²) in [6.07, 6.45) is 0. The molecule has 0 rings (SSSR count). The Morgan fingerprint density at radius 1 is 1.12 bits per heavy atom. The van der Waals surface area contributed by atoms with E-state index >= 15 is 0 Å². The molecule has 0 heterocycles. The summed E-state index contributed by atoms with van der Waals surface area (Å²) >= 11 is 0. The fraction of sp³-hybridized carbons (Fsp3) is 0.889. The molecule has 0 aromatic carbocycles. The van der Waals surface area contributed by atoms with Crippen molar-refractivity contribution in [2.24, 2.45) is 0 Å². The van der Waals surface area contributed by atoms with Crippen LogP contribution in [0.4, 0.5) is 0 Å². The molecule has 0 amide bonds. The molecule has 0 aliphatic heterocycles. The van der Waals surface area contributed by atoms with Gasteiger partial charge in [-0.05, 0) is 27.7 Å². The van der Waals surface area contributed by atoms with Crippen molar-refractivity contribution >= 4 is 25.6 Å². The Labute approximate surface area is 102 Å². The lowest BCUT2D eigenvalue weighted by Gasteiger charge is -2.19. The lowest BCUT2D eigenvalue weighted by Crippen LogP contribution is -2.43. The van der Waals surface area contributed by atoms with Gasteiger partial charge >= 0.3 is 5.97 Å². The highest BCUT2D eigenvalue weighted by Gasteiger charge is 2.42. The molecule has 0 fully saturated rings. The van der Waals surface area contributed by atoms with Crippen LogP contribution in [0.15, 0.2) is 0 Å². The van der Waals surface area contributed by atoms with Gasteiger partial charge in [0.1, 0.15) is 0 Å². The number of carbonyl (C=O) groups is 1. The van der Waals surface area contributed by atoms with Crippen LogP contribution in [0.25, 0.3) is 0 Å². The maximum absolute atomic E-state index is 11.7. The Balaban J connectivity index is 5.01. The Bertz CT molecular complexity index is 484. The molecule has 6 nitrogen and oxygen atoms in total. The monoisotopic (exact) mass is 286 g/mol. The van der Waals surface area contributed by atoms with E-state index in [0.29, 0.717) is 0 Å². The predicted octanol–water partition coefficient (Wildman–Crippen LogP) is 0.0876. The van der Waals surface area contributed by atoms with E-state index in [2.05, 4.69) is 0 Å². The van der Waals surface area contributed by atoms with Crippen molar-refractivity contribution in [3.63, 3.8) is 0 Å². The molecule has 0 radical (unpaired) electrons. The number of aliphatic carboxylic acids is 1. The van der Waals surface area contributed by atoms with Gasteiger partial charge in [0.15, 0.2) is 24.4 Å². The normalized spacial score (nSPS) is 13.9. The minimum absolute atomic E-state index is 0.552. The molecule has 0 saturated carbocycles. The van der Waals surface area contributed by atoms with Crippen LogP contribution in [0.2, 0.25) is 0 Å². The summed E-state index contributed by atoms with van der Waals surface area (Å²) in [5.74, 6) is -2.71. The van der Waals surface area contributed by atoms with Crippen molar-refractivity contribution in [1.82, 2.24) is 0 Å². The van der Waals surface area contributed by atoms with E-state index in [1.165, 1.54) is 13.8 Å². The third-order valence-corrected chi connectivity index (χ3v) is 7.59. The number of hydrogen-bond donors (Lipinski definition) is 1. The highest BCUT2D eigenvalue weighted by atomic mass is 32.2. The maximum Gasteiger partial charge on any atom is 0.324 e. The first-order chi connectivity index (χ1) is 7.34. The molecule has 0 aliphatic carbocycles. The first-order valence-electron chi connectivity index (χ1n) is 5.02. The SMILES string of the molecule is CC(C)S(=O)(=O)CCS(=O)(=O)C(C)(C)C(=O)O. The summed E-state index contributed by atoms with van der Waals surface area (Å²) < 4.78 is 44.4. The quantitative estimate of drug-likeness (QED) is 0.741. The van der Waals surface area contributed by atoms with Gasteiger partial charge in [0.25, 0.3) is 0 Å². The molecule has 0 spiro atoms. The highest BCUT2D eigenvalue weighted by Crippen LogP contribution is 2.18. The average Bonchev–Trinajstić information content (AvgIpc) is 2.14. The van der Waals surface area contributed by atoms with Crippen molar-refractivity contribution in [2.45, 2.75) is 37.7 Å². The van der Waals surface area contributed by atoms with E-state index in [1.807, 2.05) is 0 Å². The summed E-state index contributed by atoms with van der Waals surface area (Å²) in [6.45, 7) is 4.99. The lowest BCUT2D eigenvalue weighted by molar-refractivity contribution is -0.139. The van der Waals surface area contributed by atoms with Crippen LogP contribution in [0.5, 0.6) is 0 Å². The van der Waals surface area contributed by atoms with Crippen molar-refractivity contribution < 1.29 is 26.7 Å². The molecule has 102 valence electrons. The molecule has 0 aromatic rings. The van der Waals surface area contributed by atoms with Crippen molar-refractivity contribution in [3.8, 4) is 0 Å². The van der Waals surface area contributed by atoms with Crippen LogP contribution >= 0.6 is 0 Å². The van der Waals surface area contributed by atoms with Crippen LogP contribution in [0.3, 0.4) is 0 Å². The van der Waals surface area contributed by atoms with E-state index in [0.717, 1.165) is 13.8 Å². The number of rotatable bonds is 6. The van der Waals surface area contributed by atoms with Crippen molar-refractivity contribution in [1.29, 1.82) is 0 Å². The lowest BCUT2D eigenvalue weighted by atomic mass is 10.2. The van der Waals surface area contributed by atoms with Gasteiger partial charge in [-0.25, -0.2) is 16.8 Å². The van der Waals surface area contributed by atoms with Gasteiger partial charge < -0.3 is 5.11 Å². The van der Waals surface area contributed by atoms with Crippen LogP contribution in [0, 0.1) is 0 Å². The second-order valence-corrected chi connectivity index (χ2v) is 9.89. The van der Waals surface area contributed by atoms with Gasteiger partial charge in [0, 0.05) is 0 Å². The number of sulfone groups is 2. The van der Waals surface area contributed by atoms with Gasteiger partial charge in [0.2, 0.25) is 0 Å². The smallest absolute Gasteiger partial charge is 0.324 e. The average molecular weight is 286 g/mol. The Morgan fingerprint density at radius 2 is 1.53 bits per heavy atom. The zero-order valence-electron chi connectivity index (χ0n) is 10.3. The Hall–Kier alpha value is -0.630. The van der Waals surface area contributed by atoms with Crippen molar-refractivity contribution in [3.05, 3.63) is 0 Å². The first-order valence-corrected chi connectivity index (χ1v) is 8.38. The van der Waals surface area contributed by atoms with E-state index in [-0.39, 0.29) is 0 Å². The van der Waals surface area contributed by atoms with E-state index in [1.54, 1.807) is 0 Å². The summed E-state index contributed by atoms with van der Waals surface area (Å²) in [5.41, 5.74) is 0. The Morgan fingerprint density at radius 3 is 1.82 bits per heavy atom. The summed E-state index contributed by atoms with van der Waals surface area (Å²) in [7, 11) is -7.49. The second-order valence-electron chi connectivity index (χ2n) is 4.55.